The molecule has 5 nitrogen and oxygen atoms in total. The average molecular weight is 468 g/mol. The number of rotatable bonds is 8. The van der Waals surface area contributed by atoms with E-state index in [-0.39, 0.29) is 29.9 Å². The molecule has 1 rings (SSSR count). The number of carbonyl (C=O) groups is 1. The van der Waals surface area contributed by atoms with Gasteiger partial charge >= 0.3 is 5.97 Å². The number of halogens is 2. The topological polar surface area (TPSA) is 53.9 Å². The van der Waals surface area contributed by atoms with E-state index >= 15 is 0 Å². The van der Waals surface area contributed by atoms with Crippen LogP contribution in [0.15, 0.2) is 29.3 Å². The summed E-state index contributed by atoms with van der Waals surface area (Å²) >= 11 is 6.21. The molecular formula is C17H27ClIN3O2. The predicted molar refractivity (Wildman–Crippen MR) is 110 cm³/mol. The Morgan fingerprint density at radius 1 is 1.33 bits per heavy atom. The number of esters is 1. The van der Waals surface area contributed by atoms with Gasteiger partial charge in [0, 0.05) is 38.1 Å². The molecule has 0 aliphatic heterocycles. The van der Waals surface area contributed by atoms with Gasteiger partial charge in [0.05, 0.1) is 7.11 Å². The first-order chi connectivity index (χ1) is 11.1. The maximum absolute atomic E-state index is 11.1. The molecule has 0 bridgehead atoms. The summed E-state index contributed by atoms with van der Waals surface area (Å²) in [4.78, 5) is 17.7. The number of carbonyl (C=O) groups excluding carboxylic acids is 1. The van der Waals surface area contributed by atoms with Gasteiger partial charge in [-0.05, 0) is 31.4 Å². The lowest BCUT2D eigenvalue weighted by Crippen LogP contribution is -2.38. The number of hydrogen-bond acceptors (Lipinski definition) is 3. The van der Waals surface area contributed by atoms with Crippen LogP contribution < -0.4 is 5.32 Å². The van der Waals surface area contributed by atoms with Gasteiger partial charge in [0.15, 0.2) is 5.96 Å². The third-order valence-corrected chi connectivity index (χ3v) is 3.71. The predicted octanol–water partition coefficient (Wildman–Crippen LogP) is 3.70. The molecule has 0 fully saturated rings. The van der Waals surface area contributed by atoms with Crippen molar-refractivity contribution in [3.63, 3.8) is 0 Å². The summed E-state index contributed by atoms with van der Waals surface area (Å²) in [5.41, 5.74) is 1.06. The summed E-state index contributed by atoms with van der Waals surface area (Å²) < 4.78 is 4.62. The summed E-state index contributed by atoms with van der Waals surface area (Å²) in [5, 5.41) is 4.03. The van der Waals surface area contributed by atoms with Crippen LogP contribution in [0.1, 0.15) is 31.7 Å². The Kier molecular flexibility index (Phi) is 12.7. The molecule has 0 aliphatic rings. The Hall–Kier alpha value is -1.02. The molecule has 0 radical (unpaired) electrons. The van der Waals surface area contributed by atoms with E-state index in [4.69, 9.17) is 11.6 Å². The zero-order chi connectivity index (χ0) is 17.1. The van der Waals surface area contributed by atoms with Crippen LogP contribution in [0, 0.1) is 0 Å². The standard InChI is InChI=1S/C17H26ClN3O2.HI/c1-4-19-17(20-12-8-7-11-16(22)23-3)21(2)13-14-9-5-6-10-15(14)18;/h5-6,9-10H,4,7-8,11-13H2,1-3H3,(H,19,20);1H. The maximum atomic E-state index is 11.1. The molecule has 0 saturated carbocycles. The van der Waals surface area contributed by atoms with Crippen molar-refractivity contribution in [2.24, 2.45) is 4.99 Å². The van der Waals surface area contributed by atoms with E-state index < -0.39 is 0 Å². The summed E-state index contributed by atoms with van der Waals surface area (Å²) in [7, 11) is 3.40. The molecule has 7 heteroatoms. The summed E-state index contributed by atoms with van der Waals surface area (Å²) in [5.74, 6) is 0.669. The van der Waals surface area contributed by atoms with Crippen molar-refractivity contribution < 1.29 is 9.53 Å². The average Bonchev–Trinajstić information content (AvgIpc) is 2.55. The van der Waals surface area contributed by atoms with Crippen molar-refractivity contribution in [2.45, 2.75) is 32.7 Å². The molecule has 0 aliphatic carbocycles. The van der Waals surface area contributed by atoms with Gasteiger partial charge in [0.1, 0.15) is 0 Å². The van der Waals surface area contributed by atoms with Crippen molar-refractivity contribution in [1.82, 2.24) is 10.2 Å². The van der Waals surface area contributed by atoms with Crippen LogP contribution >= 0.6 is 35.6 Å². The first kappa shape index (κ1) is 23.0. The van der Waals surface area contributed by atoms with Gasteiger partial charge in [-0.2, -0.15) is 0 Å². The van der Waals surface area contributed by atoms with Gasteiger partial charge in [-0.15, -0.1) is 24.0 Å². The van der Waals surface area contributed by atoms with Crippen molar-refractivity contribution in [1.29, 1.82) is 0 Å². The minimum atomic E-state index is -0.170. The van der Waals surface area contributed by atoms with Crippen LogP contribution in [0.4, 0.5) is 0 Å². The molecule has 0 heterocycles. The molecule has 24 heavy (non-hydrogen) atoms. The van der Waals surface area contributed by atoms with Crippen LogP contribution in [-0.4, -0.2) is 44.1 Å². The first-order valence-electron chi connectivity index (χ1n) is 7.88. The number of guanidine groups is 1. The second kappa shape index (κ2) is 13.3. The van der Waals surface area contributed by atoms with Crippen molar-refractivity contribution in [2.75, 3.05) is 27.2 Å². The monoisotopic (exact) mass is 467 g/mol. The van der Waals surface area contributed by atoms with Gasteiger partial charge in [0.25, 0.3) is 0 Å². The molecule has 1 N–H and O–H groups in total. The number of unbranched alkanes of at least 4 members (excludes halogenated alkanes) is 1. The highest BCUT2D eigenvalue weighted by Gasteiger charge is 2.08. The Labute approximate surface area is 166 Å². The molecule has 0 atom stereocenters. The Balaban J connectivity index is 0.00000529. The Morgan fingerprint density at radius 3 is 2.67 bits per heavy atom. The van der Waals surface area contributed by atoms with E-state index in [0.29, 0.717) is 19.5 Å². The zero-order valence-electron chi connectivity index (χ0n) is 14.5. The van der Waals surface area contributed by atoms with Crippen LogP contribution in [-0.2, 0) is 16.1 Å². The number of hydrogen-bond donors (Lipinski definition) is 1. The van der Waals surface area contributed by atoms with Crippen LogP contribution in [0.3, 0.4) is 0 Å². The van der Waals surface area contributed by atoms with E-state index in [1.165, 1.54) is 7.11 Å². The first-order valence-corrected chi connectivity index (χ1v) is 8.26. The summed E-state index contributed by atoms with van der Waals surface area (Å²) in [6.45, 7) is 4.20. The van der Waals surface area contributed by atoms with Gasteiger partial charge < -0.3 is 15.0 Å². The Bertz CT molecular complexity index is 526. The van der Waals surface area contributed by atoms with Gasteiger partial charge in [0.2, 0.25) is 0 Å². The second-order valence-electron chi connectivity index (χ2n) is 5.22. The van der Waals surface area contributed by atoms with Gasteiger partial charge in [-0.25, -0.2) is 0 Å². The van der Waals surface area contributed by atoms with Gasteiger partial charge in [-0.1, -0.05) is 29.8 Å². The molecular weight excluding hydrogens is 441 g/mol. The molecule has 0 unspecified atom stereocenters. The van der Waals surface area contributed by atoms with Crippen molar-refractivity contribution in [3.8, 4) is 0 Å². The molecule has 0 spiro atoms. The molecule has 0 saturated heterocycles. The number of nitrogens with one attached hydrogen (secondary N) is 1. The van der Waals surface area contributed by atoms with E-state index in [1.54, 1.807) is 0 Å². The third-order valence-electron chi connectivity index (χ3n) is 3.34. The van der Waals surface area contributed by atoms with E-state index in [9.17, 15) is 4.79 Å². The smallest absolute Gasteiger partial charge is 0.305 e. The fraction of sp³-hybridized carbons (Fsp3) is 0.529. The lowest BCUT2D eigenvalue weighted by molar-refractivity contribution is -0.140. The Morgan fingerprint density at radius 2 is 2.04 bits per heavy atom. The largest absolute Gasteiger partial charge is 0.469 e. The molecule has 0 amide bonds. The second-order valence-corrected chi connectivity index (χ2v) is 5.62. The molecule has 1 aromatic rings. The maximum Gasteiger partial charge on any atom is 0.305 e. The highest BCUT2D eigenvalue weighted by molar-refractivity contribution is 14.0. The highest BCUT2D eigenvalue weighted by Crippen LogP contribution is 2.16. The number of nitrogens with zero attached hydrogens (tertiary/aromatic N) is 2. The zero-order valence-corrected chi connectivity index (χ0v) is 17.6. The quantitative estimate of drug-likeness (QED) is 0.208. The normalized spacial score (nSPS) is 10.8. The third kappa shape index (κ3) is 8.73. The number of ether oxygens (including phenoxy) is 1. The van der Waals surface area contributed by atoms with Crippen molar-refractivity contribution >= 4 is 47.5 Å². The van der Waals surface area contributed by atoms with E-state index in [1.807, 2.05) is 43.1 Å². The molecule has 0 aromatic heterocycles. The molecule has 1 aromatic carbocycles. The lowest BCUT2D eigenvalue weighted by atomic mass is 10.2. The van der Waals surface area contributed by atoms with Crippen LogP contribution in [0.25, 0.3) is 0 Å². The SMILES string of the molecule is CCNC(=NCCCCC(=O)OC)N(C)Cc1ccccc1Cl.I. The minimum absolute atomic E-state index is 0. The summed E-state index contributed by atoms with van der Waals surface area (Å²) in [6.07, 6.45) is 2.08. The number of aliphatic imine (C=N–C) groups is 1. The van der Waals surface area contributed by atoms with Crippen LogP contribution in [0.2, 0.25) is 5.02 Å². The van der Waals surface area contributed by atoms with Crippen molar-refractivity contribution in [3.05, 3.63) is 34.9 Å². The fourth-order valence-electron chi connectivity index (χ4n) is 2.09. The number of methoxy groups -OCH3 is 1. The summed E-state index contributed by atoms with van der Waals surface area (Å²) in [6, 6.07) is 7.80. The molecule has 136 valence electrons. The minimum Gasteiger partial charge on any atom is -0.469 e. The highest BCUT2D eigenvalue weighted by atomic mass is 127. The number of benzene rings is 1. The van der Waals surface area contributed by atoms with Crippen LogP contribution in [0.5, 0.6) is 0 Å². The fourth-order valence-corrected chi connectivity index (χ4v) is 2.29. The van der Waals surface area contributed by atoms with Gasteiger partial charge in [-0.3, -0.25) is 9.79 Å². The lowest BCUT2D eigenvalue weighted by Gasteiger charge is -2.22. The van der Waals surface area contributed by atoms with E-state index in [2.05, 4.69) is 15.0 Å². The van der Waals surface area contributed by atoms with E-state index in [0.717, 1.165) is 35.9 Å².